The Kier molecular flexibility index (Phi) is 5.35. The van der Waals surface area contributed by atoms with Crippen LogP contribution in [0.25, 0.3) is 0 Å². The number of aromatic nitrogens is 2. The monoisotopic (exact) mass is 268 g/mol. The molecule has 0 bridgehead atoms. The molecule has 106 valence electrons. The average molecular weight is 268 g/mol. The number of nitrogens with zero attached hydrogens (tertiary/aromatic N) is 2. The summed E-state index contributed by atoms with van der Waals surface area (Å²) in [7, 11) is 0. The van der Waals surface area contributed by atoms with Gasteiger partial charge in [-0.3, -0.25) is 4.79 Å². The van der Waals surface area contributed by atoms with E-state index in [2.05, 4.69) is 10.3 Å². The first-order chi connectivity index (χ1) is 9.01. The van der Waals surface area contributed by atoms with E-state index in [1.165, 1.54) is 6.92 Å². The third-order valence-corrected chi connectivity index (χ3v) is 2.58. The van der Waals surface area contributed by atoms with Crippen molar-refractivity contribution in [2.45, 2.75) is 33.7 Å². The average Bonchev–Trinajstić information content (AvgIpc) is 2.67. The van der Waals surface area contributed by atoms with Crippen LogP contribution in [0.1, 0.15) is 37.1 Å². The van der Waals surface area contributed by atoms with Crippen LogP contribution in [0.5, 0.6) is 0 Å². The zero-order valence-electron chi connectivity index (χ0n) is 11.5. The van der Waals surface area contributed by atoms with Gasteiger partial charge in [0.1, 0.15) is 11.6 Å². The number of hydrogen-bond donors (Lipinski definition) is 2. The van der Waals surface area contributed by atoms with Crippen LogP contribution in [0, 0.1) is 0 Å². The third-order valence-electron chi connectivity index (χ3n) is 2.58. The minimum atomic E-state index is -0.520. The number of carbonyl (C=O) groups excluding carboxylic acids is 2. The third kappa shape index (κ3) is 3.70. The van der Waals surface area contributed by atoms with Crippen molar-refractivity contribution in [1.82, 2.24) is 14.9 Å². The van der Waals surface area contributed by atoms with E-state index in [0.29, 0.717) is 25.3 Å². The molecule has 0 radical (unpaired) electrons. The maximum atomic E-state index is 11.7. The summed E-state index contributed by atoms with van der Waals surface area (Å²) in [6, 6.07) is 0. The molecule has 1 aromatic rings. The van der Waals surface area contributed by atoms with E-state index in [-0.39, 0.29) is 24.0 Å². The van der Waals surface area contributed by atoms with E-state index in [1.807, 2.05) is 6.92 Å². The number of aryl methyl sites for hydroxylation is 1. The molecule has 1 amide bonds. The second kappa shape index (κ2) is 6.77. The molecule has 7 nitrogen and oxygen atoms in total. The minimum absolute atomic E-state index is 0.109. The minimum Gasteiger partial charge on any atom is -0.461 e. The van der Waals surface area contributed by atoms with Crippen molar-refractivity contribution >= 4 is 17.7 Å². The van der Waals surface area contributed by atoms with E-state index in [0.717, 1.165) is 0 Å². The highest BCUT2D eigenvalue weighted by molar-refractivity contribution is 5.92. The van der Waals surface area contributed by atoms with Gasteiger partial charge in [-0.15, -0.1) is 0 Å². The van der Waals surface area contributed by atoms with Crippen LogP contribution in [0.2, 0.25) is 0 Å². The second-order valence-electron chi connectivity index (χ2n) is 3.97. The van der Waals surface area contributed by atoms with Gasteiger partial charge < -0.3 is 20.4 Å². The molecule has 1 rings (SSSR count). The Hall–Kier alpha value is -2.05. The number of esters is 1. The molecule has 0 saturated heterocycles. The quantitative estimate of drug-likeness (QED) is 0.725. The molecule has 0 saturated carbocycles. The lowest BCUT2D eigenvalue weighted by Crippen LogP contribution is -2.25. The molecule has 0 unspecified atom stereocenters. The van der Waals surface area contributed by atoms with Crippen molar-refractivity contribution in [2.24, 2.45) is 0 Å². The second-order valence-corrected chi connectivity index (χ2v) is 3.97. The summed E-state index contributed by atoms with van der Waals surface area (Å²) in [5.74, 6) is 0.349. The molecule has 0 spiro atoms. The number of imidazole rings is 1. The molecule has 0 fully saturated rings. The maximum Gasteiger partial charge on any atom is 0.360 e. The number of ether oxygens (including phenoxy) is 1. The van der Waals surface area contributed by atoms with Crippen LogP contribution in [0.3, 0.4) is 0 Å². The van der Waals surface area contributed by atoms with E-state index >= 15 is 0 Å². The van der Waals surface area contributed by atoms with Gasteiger partial charge >= 0.3 is 5.97 Å². The number of nitrogens with two attached hydrogens (primary N) is 1. The number of hydrogen-bond acceptors (Lipinski definition) is 5. The summed E-state index contributed by atoms with van der Waals surface area (Å²) in [5, 5.41) is 2.68. The molecule has 3 N–H and O–H groups in total. The number of nitrogens with one attached hydrogen (secondary N) is 1. The maximum absolute atomic E-state index is 11.7. The standard InChI is InChI=1S/C12H20N4O3/c1-4-9-15-10(12(18)19-5-2)11(13)16(9)7-6-14-8(3)17/h4-7,13H2,1-3H3,(H,14,17). The molecule has 7 heteroatoms. The Morgan fingerprint density at radius 1 is 1.42 bits per heavy atom. The molecule has 0 aliphatic heterocycles. The SMILES string of the molecule is CCOC(=O)c1nc(CC)n(CCNC(C)=O)c1N. The fourth-order valence-corrected chi connectivity index (χ4v) is 1.73. The molecular weight excluding hydrogens is 248 g/mol. The summed E-state index contributed by atoms with van der Waals surface area (Å²) in [6.45, 7) is 6.28. The predicted molar refractivity (Wildman–Crippen MR) is 70.7 cm³/mol. The van der Waals surface area contributed by atoms with Gasteiger partial charge in [0.2, 0.25) is 5.91 Å². The van der Waals surface area contributed by atoms with Crippen molar-refractivity contribution in [3.63, 3.8) is 0 Å². The van der Waals surface area contributed by atoms with E-state index in [1.54, 1.807) is 11.5 Å². The smallest absolute Gasteiger partial charge is 0.360 e. The van der Waals surface area contributed by atoms with Crippen molar-refractivity contribution in [1.29, 1.82) is 0 Å². The summed E-state index contributed by atoms with van der Waals surface area (Å²) >= 11 is 0. The molecule has 1 aromatic heterocycles. The summed E-state index contributed by atoms with van der Waals surface area (Å²) in [5.41, 5.74) is 6.06. The number of rotatable bonds is 6. The molecule has 0 atom stereocenters. The van der Waals surface area contributed by atoms with Crippen LogP contribution in [0.4, 0.5) is 5.82 Å². The first-order valence-corrected chi connectivity index (χ1v) is 6.27. The largest absolute Gasteiger partial charge is 0.461 e. The lowest BCUT2D eigenvalue weighted by Gasteiger charge is -2.09. The Labute approximate surface area is 112 Å². The zero-order valence-corrected chi connectivity index (χ0v) is 11.5. The lowest BCUT2D eigenvalue weighted by molar-refractivity contribution is -0.118. The van der Waals surface area contributed by atoms with E-state index < -0.39 is 5.97 Å². The van der Waals surface area contributed by atoms with Gasteiger partial charge in [0.05, 0.1) is 6.61 Å². The summed E-state index contributed by atoms with van der Waals surface area (Å²) in [6.07, 6.45) is 0.643. The van der Waals surface area contributed by atoms with Crippen LogP contribution in [-0.2, 0) is 22.5 Å². The first-order valence-electron chi connectivity index (χ1n) is 6.27. The highest BCUT2D eigenvalue weighted by Crippen LogP contribution is 2.16. The Morgan fingerprint density at radius 3 is 2.63 bits per heavy atom. The fraction of sp³-hybridized carbons (Fsp3) is 0.583. The van der Waals surface area contributed by atoms with Gasteiger partial charge in [0.15, 0.2) is 5.69 Å². The van der Waals surface area contributed by atoms with Gasteiger partial charge in [-0.05, 0) is 6.92 Å². The van der Waals surface area contributed by atoms with Crippen LogP contribution >= 0.6 is 0 Å². The van der Waals surface area contributed by atoms with Crippen molar-refractivity contribution in [3.05, 3.63) is 11.5 Å². The van der Waals surface area contributed by atoms with Crippen molar-refractivity contribution in [3.8, 4) is 0 Å². The number of nitrogen functional groups attached to an aromatic ring is 1. The number of anilines is 1. The Morgan fingerprint density at radius 2 is 2.11 bits per heavy atom. The van der Waals surface area contributed by atoms with Crippen LogP contribution in [-0.4, -0.2) is 34.6 Å². The summed E-state index contributed by atoms with van der Waals surface area (Å²) in [4.78, 5) is 26.7. The molecule has 0 aliphatic rings. The van der Waals surface area contributed by atoms with Gasteiger partial charge in [-0.25, -0.2) is 9.78 Å². The van der Waals surface area contributed by atoms with Gasteiger partial charge in [-0.2, -0.15) is 0 Å². The molecule has 1 heterocycles. The molecule has 19 heavy (non-hydrogen) atoms. The highest BCUT2D eigenvalue weighted by Gasteiger charge is 2.20. The predicted octanol–water partition coefficient (Wildman–Crippen LogP) is 0.341. The first kappa shape index (κ1) is 15.0. The van der Waals surface area contributed by atoms with Crippen molar-refractivity contribution < 1.29 is 14.3 Å². The topological polar surface area (TPSA) is 99.2 Å². The molecule has 0 aromatic carbocycles. The van der Waals surface area contributed by atoms with Crippen LogP contribution < -0.4 is 11.1 Å². The highest BCUT2D eigenvalue weighted by atomic mass is 16.5. The molecule has 0 aliphatic carbocycles. The lowest BCUT2D eigenvalue weighted by atomic mass is 10.4. The van der Waals surface area contributed by atoms with E-state index in [4.69, 9.17) is 10.5 Å². The van der Waals surface area contributed by atoms with Gasteiger partial charge in [0.25, 0.3) is 0 Å². The van der Waals surface area contributed by atoms with Crippen LogP contribution in [0.15, 0.2) is 0 Å². The van der Waals surface area contributed by atoms with Gasteiger partial charge in [-0.1, -0.05) is 6.92 Å². The Balaban J connectivity index is 2.90. The fourth-order valence-electron chi connectivity index (χ4n) is 1.73. The summed E-state index contributed by atoms with van der Waals surface area (Å²) < 4.78 is 6.62. The number of amides is 1. The Bertz CT molecular complexity index is 468. The zero-order chi connectivity index (χ0) is 14.4. The van der Waals surface area contributed by atoms with Crippen molar-refractivity contribution in [2.75, 3.05) is 18.9 Å². The molecular formula is C12H20N4O3. The van der Waals surface area contributed by atoms with E-state index in [9.17, 15) is 9.59 Å². The number of carbonyl (C=O) groups is 2. The van der Waals surface area contributed by atoms with Gasteiger partial charge in [0, 0.05) is 26.4 Å². The normalized spacial score (nSPS) is 10.3.